The van der Waals surface area contributed by atoms with E-state index in [2.05, 4.69) is 22.2 Å². The molecule has 3 heterocycles. The van der Waals surface area contributed by atoms with Crippen molar-refractivity contribution in [2.24, 2.45) is 5.92 Å². The number of aromatic nitrogens is 4. The van der Waals surface area contributed by atoms with E-state index in [1.807, 2.05) is 18.7 Å². The van der Waals surface area contributed by atoms with Gasteiger partial charge in [0.15, 0.2) is 0 Å². The Bertz CT molecular complexity index is 572. The first-order valence-electron chi connectivity index (χ1n) is 7.20. The van der Waals surface area contributed by atoms with Crippen molar-refractivity contribution in [3.8, 4) is 0 Å². The van der Waals surface area contributed by atoms with Gasteiger partial charge >= 0.3 is 6.03 Å². The number of piperidine rings is 1. The number of amides is 1. The van der Waals surface area contributed by atoms with Gasteiger partial charge in [-0.2, -0.15) is 4.68 Å². The summed E-state index contributed by atoms with van der Waals surface area (Å²) in [6, 6.07) is 1.68. The molecular formula is C14H21N5O. The first-order chi connectivity index (χ1) is 9.75. The van der Waals surface area contributed by atoms with E-state index in [4.69, 9.17) is 0 Å². The summed E-state index contributed by atoms with van der Waals surface area (Å²) >= 11 is 0. The Morgan fingerprint density at radius 1 is 1.30 bits per heavy atom. The van der Waals surface area contributed by atoms with Crippen LogP contribution in [0.5, 0.6) is 0 Å². The summed E-state index contributed by atoms with van der Waals surface area (Å²) in [6.45, 7) is 7.82. The molecule has 0 aliphatic carbocycles. The van der Waals surface area contributed by atoms with Crippen molar-refractivity contribution in [1.29, 1.82) is 0 Å². The molecule has 2 aromatic heterocycles. The van der Waals surface area contributed by atoms with E-state index in [9.17, 15) is 4.79 Å². The molecule has 0 unspecified atom stereocenters. The van der Waals surface area contributed by atoms with Crippen LogP contribution in [-0.4, -0.2) is 44.0 Å². The van der Waals surface area contributed by atoms with E-state index in [0.717, 1.165) is 25.9 Å². The van der Waals surface area contributed by atoms with Crippen LogP contribution in [0.3, 0.4) is 0 Å². The summed E-state index contributed by atoms with van der Waals surface area (Å²) in [5.41, 5.74) is 1.37. The highest BCUT2D eigenvalue weighted by atomic mass is 16.2. The Morgan fingerprint density at radius 2 is 2.00 bits per heavy atom. The fourth-order valence-electron chi connectivity index (χ4n) is 2.25. The molecule has 6 heteroatoms. The first kappa shape index (κ1) is 14.4. The Kier molecular flexibility index (Phi) is 4.65. The maximum atomic E-state index is 12.3. The van der Waals surface area contributed by atoms with Crippen molar-refractivity contribution in [3.63, 3.8) is 0 Å². The molecule has 1 aliphatic heterocycles. The fraction of sp³-hybridized carbons (Fsp3) is 0.571. The van der Waals surface area contributed by atoms with Gasteiger partial charge in [0.1, 0.15) is 11.0 Å². The van der Waals surface area contributed by atoms with Gasteiger partial charge in [-0.15, -0.1) is 5.10 Å². The van der Waals surface area contributed by atoms with Crippen LogP contribution in [0.4, 0.5) is 4.79 Å². The molecule has 108 valence electrons. The Morgan fingerprint density at radius 3 is 2.70 bits per heavy atom. The fourth-order valence-corrected chi connectivity index (χ4v) is 2.25. The average Bonchev–Trinajstić information content (AvgIpc) is 2.93. The summed E-state index contributed by atoms with van der Waals surface area (Å²) in [5.74, 6) is 0.700. The third kappa shape index (κ3) is 2.79. The summed E-state index contributed by atoms with van der Waals surface area (Å²) < 4.78 is 1.37. The lowest BCUT2D eigenvalue weighted by Gasteiger charge is -2.29. The number of nitrogens with zero attached hydrogens (tertiary/aromatic N) is 5. The molecule has 0 bridgehead atoms. The molecule has 1 aliphatic rings. The van der Waals surface area contributed by atoms with E-state index in [1.165, 1.54) is 4.68 Å². The van der Waals surface area contributed by atoms with Crippen LogP contribution in [0.1, 0.15) is 33.6 Å². The van der Waals surface area contributed by atoms with Gasteiger partial charge in [-0.05, 0) is 24.8 Å². The highest BCUT2D eigenvalue weighted by Gasteiger charge is 2.23. The normalized spacial score (nSPS) is 15.8. The maximum absolute atomic E-state index is 12.3. The van der Waals surface area contributed by atoms with Gasteiger partial charge in [0.2, 0.25) is 0 Å². The quantitative estimate of drug-likeness (QED) is 0.741. The van der Waals surface area contributed by atoms with E-state index < -0.39 is 0 Å². The molecule has 0 aromatic carbocycles. The van der Waals surface area contributed by atoms with E-state index in [1.54, 1.807) is 18.5 Å². The van der Waals surface area contributed by atoms with Gasteiger partial charge in [-0.25, -0.2) is 4.79 Å². The number of rotatable bonds is 0. The zero-order valence-corrected chi connectivity index (χ0v) is 12.3. The van der Waals surface area contributed by atoms with Gasteiger partial charge in [-0.1, -0.05) is 26.0 Å². The number of carbonyl (C=O) groups excluding carboxylic acids is 1. The van der Waals surface area contributed by atoms with Crippen LogP contribution in [0, 0.1) is 5.92 Å². The molecular weight excluding hydrogens is 254 g/mol. The molecule has 0 spiro atoms. The zero-order chi connectivity index (χ0) is 14.5. The molecule has 1 amide bonds. The number of likely N-dealkylation sites (tertiary alicyclic amines) is 1. The summed E-state index contributed by atoms with van der Waals surface area (Å²) in [7, 11) is 0. The first-order valence-corrected chi connectivity index (χ1v) is 7.20. The predicted octanol–water partition coefficient (Wildman–Crippen LogP) is 2.55. The maximum Gasteiger partial charge on any atom is 0.346 e. The number of hydrogen-bond acceptors (Lipinski definition) is 4. The average molecular weight is 275 g/mol. The van der Waals surface area contributed by atoms with Crippen molar-refractivity contribution < 1.29 is 4.79 Å². The lowest BCUT2D eigenvalue weighted by molar-refractivity contribution is 0.173. The molecule has 3 rings (SSSR count). The molecule has 1 fully saturated rings. The number of fused-ring (bicyclic) bond motifs is 1. The van der Waals surface area contributed by atoms with E-state index in [0.29, 0.717) is 17.0 Å². The largest absolute Gasteiger partial charge is 0.346 e. The number of hydrogen-bond donors (Lipinski definition) is 0. The molecule has 1 saturated heterocycles. The molecule has 0 radical (unpaired) electrons. The van der Waals surface area contributed by atoms with Crippen LogP contribution < -0.4 is 0 Å². The SMILES string of the molecule is CC.CC1CCN(C(=O)n2nnc3cnccc32)CC1. The molecule has 0 saturated carbocycles. The van der Waals surface area contributed by atoms with Crippen LogP contribution >= 0.6 is 0 Å². The molecule has 0 atom stereocenters. The van der Waals surface area contributed by atoms with Gasteiger partial charge in [0.25, 0.3) is 0 Å². The molecule has 0 N–H and O–H groups in total. The van der Waals surface area contributed by atoms with Crippen LogP contribution in [-0.2, 0) is 0 Å². The third-order valence-corrected chi connectivity index (χ3v) is 3.48. The second-order valence-corrected chi connectivity index (χ2v) is 4.82. The smallest absolute Gasteiger partial charge is 0.323 e. The van der Waals surface area contributed by atoms with Crippen molar-refractivity contribution in [2.45, 2.75) is 33.6 Å². The lowest BCUT2D eigenvalue weighted by atomic mass is 10.00. The molecule has 20 heavy (non-hydrogen) atoms. The zero-order valence-electron chi connectivity index (χ0n) is 12.3. The van der Waals surface area contributed by atoms with Crippen molar-refractivity contribution >= 4 is 17.1 Å². The number of pyridine rings is 1. The van der Waals surface area contributed by atoms with Gasteiger partial charge < -0.3 is 4.90 Å². The molecule has 6 nitrogen and oxygen atoms in total. The highest BCUT2D eigenvalue weighted by molar-refractivity contribution is 5.87. The van der Waals surface area contributed by atoms with Gasteiger partial charge in [-0.3, -0.25) is 4.98 Å². The highest BCUT2D eigenvalue weighted by Crippen LogP contribution is 2.17. The summed E-state index contributed by atoms with van der Waals surface area (Å²) in [5, 5.41) is 7.88. The minimum absolute atomic E-state index is 0.0874. The van der Waals surface area contributed by atoms with Gasteiger partial charge in [0, 0.05) is 19.3 Å². The van der Waals surface area contributed by atoms with E-state index >= 15 is 0 Å². The third-order valence-electron chi connectivity index (χ3n) is 3.48. The second kappa shape index (κ2) is 6.45. The van der Waals surface area contributed by atoms with Gasteiger partial charge in [0.05, 0.1) is 6.20 Å². The number of carbonyl (C=O) groups is 1. The minimum Gasteiger partial charge on any atom is -0.323 e. The van der Waals surface area contributed by atoms with Crippen molar-refractivity contribution in [3.05, 3.63) is 18.5 Å². The lowest BCUT2D eigenvalue weighted by Crippen LogP contribution is -2.40. The standard InChI is InChI=1S/C12H15N5O.C2H6/c1-9-3-6-16(7-4-9)12(18)17-11-2-5-13-8-10(11)14-15-17;1-2/h2,5,8-9H,3-4,6-7H2,1H3;1-2H3. The van der Waals surface area contributed by atoms with Crippen molar-refractivity contribution in [1.82, 2.24) is 24.9 Å². The van der Waals surface area contributed by atoms with Crippen molar-refractivity contribution in [2.75, 3.05) is 13.1 Å². The monoisotopic (exact) mass is 275 g/mol. The Hall–Kier alpha value is -1.98. The summed E-state index contributed by atoms with van der Waals surface area (Å²) in [4.78, 5) is 18.2. The van der Waals surface area contributed by atoms with Crippen LogP contribution in [0.2, 0.25) is 0 Å². The minimum atomic E-state index is -0.0874. The van der Waals surface area contributed by atoms with E-state index in [-0.39, 0.29) is 6.03 Å². The second-order valence-electron chi connectivity index (χ2n) is 4.82. The summed E-state index contributed by atoms with van der Waals surface area (Å²) in [6.07, 6.45) is 5.37. The van der Waals surface area contributed by atoms with Crippen LogP contribution in [0.15, 0.2) is 18.5 Å². The Labute approximate surface area is 118 Å². The molecule has 2 aromatic rings. The topological polar surface area (TPSA) is 63.9 Å². The predicted molar refractivity (Wildman–Crippen MR) is 77.4 cm³/mol. The van der Waals surface area contributed by atoms with Crippen LogP contribution in [0.25, 0.3) is 11.0 Å². The Balaban J connectivity index is 0.000000704.